The molecule has 1 unspecified atom stereocenters. The van der Waals surface area contributed by atoms with Gasteiger partial charge in [0.15, 0.2) is 0 Å². The van der Waals surface area contributed by atoms with Crippen molar-refractivity contribution in [3.63, 3.8) is 0 Å². The number of nitrogens with zero attached hydrogens (tertiary/aromatic N) is 2. The van der Waals surface area contributed by atoms with Gasteiger partial charge >= 0.3 is 0 Å². The number of carbonyl (C=O) groups excluding carboxylic acids is 1. The number of rotatable bonds is 2. The predicted molar refractivity (Wildman–Crippen MR) is 56.2 cm³/mol. The Bertz CT molecular complexity index is 334. The molecule has 74 valence electrons. The summed E-state index contributed by atoms with van der Waals surface area (Å²) in [6.07, 6.45) is 4.22. The van der Waals surface area contributed by atoms with Crippen molar-refractivity contribution in [3.05, 3.63) is 29.2 Å². The van der Waals surface area contributed by atoms with Gasteiger partial charge in [-0.15, -0.1) is 11.3 Å². The quantitative estimate of drug-likeness (QED) is 0.692. The third-order valence-electron chi connectivity index (χ3n) is 2.48. The third-order valence-corrected chi connectivity index (χ3v) is 3.41. The number of thiazole rings is 1. The van der Waals surface area contributed by atoms with Crippen LogP contribution in [0.25, 0.3) is 0 Å². The smallest absolute Gasteiger partial charge is 0.245 e. The van der Waals surface area contributed by atoms with E-state index in [4.69, 9.17) is 0 Å². The molecule has 3 nitrogen and oxygen atoms in total. The summed E-state index contributed by atoms with van der Waals surface area (Å²) in [6.45, 7) is 5.11. The molecule has 14 heavy (non-hydrogen) atoms. The maximum absolute atomic E-state index is 11.3. The summed E-state index contributed by atoms with van der Waals surface area (Å²) in [5.74, 6) is 0.461. The van der Waals surface area contributed by atoms with Gasteiger partial charge in [0.2, 0.25) is 5.91 Å². The first-order chi connectivity index (χ1) is 6.81. The molecule has 0 radical (unpaired) electrons. The molecule has 1 fully saturated rings. The molecule has 2 heterocycles. The Morgan fingerprint density at radius 1 is 1.79 bits per heavy atom. The van der Waals surface area contributed by atoms with Crippen LogP contribution in [0.2, 0.25) is 0 Å². The Kier molecular flexibility index (Phi) is 2.63. The fourth-order valence-corrected chi connectivity index (χ4v) is 2.49. The third kappa shape index (κ3) is 1.70. The molecule has 1 aromatic heterocycles. The zero-order chi connectivity index (χ0) is 9.97. The monoisotopic (exact) mass is 208 g/mol. The Morgan fingerprint density at radius 2 is 2.64 bits per heavy atom. The zero-order valence-corrected chi connectivity index (χ0v) is 8.67. The summed E-state index contributed by atoms with van der Waals surface area (Å²) in [5, 5.41) is 3.12. The van der Waals surface area contributed by atoms with Crippen molar-refractivity contribution in [2.45, 2.75) is 12.3 Å². The van der Waals surface area contributed by atoms with E-state index in [1.807, 2.05) is 16.5 Å². The Hall–Kier alpha value is -1.16. The Labute approximate surface area is 87.1 Å². The first-order valence-electron chi connectivity index (χ1n) is 4.62. The topological polar surface area (TPSA) is 33.2 Å². The van der Waals surface area contributed by atoms with E-state index in [-0.39, 0.29) is 5.91 Å². The number of amides is 1. The largest absolute Gasteiger partial charge is 0.338 e. The number of likely N-dealkylation sites (tertiary alicyclic amines) is 1. The molecule has 0 aliphatic carbocycles. The van der Waals surface area contributed by atoms with Crippen LogP contribution in [0.5, 0.6) is 0 Å². The molecule has 0 N–H and O–H groups in total. The molecule has 1 aliphatic heterocycles. The van der Waals surface area contributed by atoms with Crippen molar-refractivity contribution in [2.24, 2.45) is 0 Å². The van der Waals surface area contributed by atoms with Gasteiger partial charge in [0.25, 0.3) is 0 Å². The highest BCUT2D eigenvalue weighted by Gasteiger charge is 2.27. The van der Waals surface area contributed by atoms with Crippen LogP contribution in [0, 0.1) is 0 Å². The highest BCUT2D eigenvalue weighted by molar-refractivity contribution is 7.09. The van der Waals surface area contributed by atoms with Crippen LogP contribution in [0.15, 0.2) is 24.2 Å². The average Bonchev–Trinajstić information content (AvgIpc) is 2.86. The summed E-state index contributed by atoms with van der Waals surface area (Å²) >= 11 is 1.67. The summed E-state index contributed by atoms with van der Waals surface area (Å²) in [7, 11) is 0. The number of carbonyl (C=O) groups is 1. The van der Waals surface area contributed by atoms with E-state index in [0.717, 1.165) is 24.5 Å². The second-order valence-electron chi connectivity index (χ2n) is 3.34. The van der Waals surface area contributed by atoms with Gasteiger partial charge in [-0.2, -0.15) is 0 Å². The standard InChI is InChI=1S/C10H12N2OS/c1-2-9(13)12-5-3-8(7-12)10-11-4-6-14-10/h2,4,6,8H,1,3,5,7H2. The molecular formula is C10H12N2OS. The van der Waals surface area contributed by atoms with Gasteiger partial charge in [0.1, 0.15) is 0 Å². The van der Waals surface area contributed by atoms with E-state index in [2.05, 4.69) is 11.6 Å². The van der Waals surface area contributed by atoms with Crippen molar-refractivity contribution >= 4 is 17.2 Å². The minimum atomic E-state index is 0.0315. The van der Waals surface area contributed by atoms with Gasteiger partial charge in [0.05, 0.1) is 5.01 Å². The molecule has 0 saturated carbocycles. The Morgan fingerprint density at radius 3 is 3.29 bits per heavy atom. The van der Waals surface area contributed by atoms with E-state index < -0.39 is 0 Å². The molecule has 1 amide bonds. The molecule has 0 aromatic carbocycles. The highest BCUT2D eigenvalue weighted by atomic mass is 32.1. The lowest BCUT2D eigenvalue weighted by molar-refractivity contribution is -0.125. The van der Waals surface area contributed by atoms with Crippen LogP contribution in [-0.2, 0) is 4.79 Å². The van der Waals surface area contributed by atoms with Gasteiger partial charge < -0.3 is 4.90 Å². The average molecular weight is 208 g/mol. The van der Waals surface area contributed by atoms with Crippen LogP contribution < -0.4 is 0 Å². The molecule has 1 saturated heterocycles. The summed E-state index contributed by atoms with van der Waals surface area (Å²) < 4.78 is 0. The predicted octanol–water partition coefficient (Wildman–Crippen LogP) is 1.65. The molecule has 1 aliphatic rings. The van der Waals surface area contributed by atoms with Gasteiger partial charge in [0, 0.05) is 30.6 Å². The zero-order valence-electron chi connectivity index (χ0n) is 7.85. The molecule has 1 atom stereocenters. The molecule has 0 spiro atoms. The second kappa shape index (κ2) is 3.92. The minimum absolute atomic E-state index is 0.0315. The molecule has 2 rings (SSSR count). The lowest BCUT2D eigenvalue weighted by Crippen LogP contribution is -2.26. The van der Waals surface area contributed by atoms with Crippen molar-refractivity contribution in [1.82, 2.24) is 9.88 Å². The SMILES string of the molecule is C=CC(=O)N1CCC(c2nccs2)C1. The van der Waals surface area contributed by atoms with Crippen LogP contribution in [-0.4, -0.2) is 28.9 Å². The molecule has 4 heteroatoms. The normalized spacial score (nSPS) is 21.1. The van der Waals surface area contributed by atoms with Crippen LogP contribution in [0.1, 0.15) is 17.3 Å². The summed E-state index contributed by atoms with van der Waals surface area (Å²) in [4.78, 5) is 17.4. The van der Waals surface area contributed by atoms with Crippen molar-refractivity contribution in [1.29, 1.82) is 0 Å². The van der Waals surface area contributed by atoms with Gasteiger partial charge in [-0.1, -0.05) is 6.58 Å². The first-order valence-corrected chi connectivity index (χ1v) is 5.50. The van der Waals surface area contributed by atoms with Crippen molar-refractivity contribution < 1.29 is 4.79 Å². The molecular weight excluding hydrogens is 196 g/mol. The maximum atomic E-state index is 11.3. The van der Waals surface area contributed by atoms with E-state index in [9.17, 15) is 4.79 Å². The minimum Gasteiger partial charge on any atom is -0.338 e. The summed E-state index contributed by atoms with van der Waals surface area (Å²) in [5.41, 5.74) is 0. The van der Waals surface area contributed by atoms with E-state index >= 15 is 0 Å². The Balaban J connectivity index is 2.02. The molecule has 1 aromatic rings. The van der Waals surface area contributed by atoms with Gasteiger partial charge in [-0.25, -0.2) is 4.98 Å². The number of hydrogen-bond acceptors (Lipinski definition) is 3. The fourth-order valence-electron chi connectivity index (χ4n) is 1.73. The van der Waals surface area contributed by atoms with Crippen molar-refractivity contribution in [3.8, 4) is 0 Å². The van der Waals surface area contributed by atoms with Crippen LogP contribution >= 0.6 is 11.3 Å². The lowest BCUT2D eigenvalue weighted by Gasteiger charge is -2.12. The number of aromatic nitrogens is 1. The van der Waals surface area contributed by atoms with E-state index in [0.29, 0.717) is 5.92 Å². The lowest BCUT2D eigenvalue weighted by atomic mass is 10.1. The van der Waals surface area contributed by atoms with Crippen LogP contribution in [0.3, 0.4) is 0 Å². The van der Waals surface area contributed by atoms with E-state index in [1.165, 1.54) is 6.08 Å². The van der Waals surface area contributed by atoms with Crippen molar-refractivity contribution in [2.75, 3.05) is 13.1 Å². The van der Waals surface area contributed by atoms with Gasteiger partial charge in [-0.3, -0.25) is 4.79 Å². The second-order valence-corrected chi connectivity index (χ2v) is 4.27. The maximum Gasteiger partial charge on any atom is 0.245 e. The number of hydrogen-bond donors (Lipinski definition) is 0. The fraction of sp³-hybridized carbons (Fsp3) is 0.400. The summed E-state index contributed by atoms with van der Waals surface area (Å²) in [6, 6.07) is 0. The first kappa shape index (κ1) is 9.40. The molecule has 0 bridgehead atoms. The van der Waals surface area contributed by atoms with Crippen LogP contribution in [0.4, 0.5) is 0 Å². The van der Waals surface area contributed by atoms with E-state index in [1.54, 1.807) is 11.3 Å². The van der Waals surface area contributed by atoms with Gasteiger partial charge in [-0.05, 0) is 12.5 Å². The highest BCUT2D eigenvalue weighted by Crippen LogP contribution is 2.28.